The van der Waals surface area contributed by atoms with E-state index in [0.29, 0.717) is 6.29 Å². The van der Waals surface area contributed by atoms with Gasteiger partial charge in [-0.3, -0.25) is 9.59 Å². The number of nitrogen functional groups attached to an aromatic ring is 1. The van der Waals surface area contributed by atoms with Crippen LogP contribution in [-0.2, 0) is 11.0 Å². The van der Waals surface area contributed by atoms with Gasteiger partial charge in [0, 0.05) is 5.69 Å². The van der Waals surface area contributed by atoms with Crippen molar-refractivity contribution in [1.29, 1.82) is 0 Å². The number of hydrogen-bond acceptors (Lipinski definition) is 7. The molecule has 11 heteroatoms. The maximum atomic E-state index is 13.0. The quantitative estimate of drug-likeness (QED) is 0.445. The molecule has 0 radical (unpaired) electrons. The van der Waals surface area contributed by atoms with Crippen LogP contribution in [-0.4, -0.2) is 35.0 Å². The van der Waals surface area contributed by atoms with Gasteiger partial charge in [-0.15, -0.1) is 11.8 Å². The lowest BCUT2D eigenvalue weighted by atomic mass is 10.1. The van der Waals surface area contributed by atoms with Crippen molar-refractivity contribution >= 4 is 41.4 Å². The van der Waals surface area contributed by atoms with Gasteiger partial charge in [0.2, 0.25) is 11.9 Å². The summed E-state index contributed by atoms with van der Waals surface area (Å²) >= 11 is 1.10. The number of primary amides is 1. The van der Waals surface area contributed by atoms with E-state index in [9.17, 15) is 22.8 Å². The van der Waals surface area contributed by atoms with E-state index >= 15 is 0 Å². The third kappa shape index (κ3) is 4.23. The van der Waals surface area contributed by atoms with Gasteiger partial charge in [-0.1, -0.05) is 6.07 Å². The SMILES string of the molecule is CSc1nc(N)nc(N(CC(N)=O)c2cccc(C(F)(F)F)c2)c1C=O. The number of nitrogens with zero attached hydrogens (tertiary/aromatic N) is 3. The van der Waals surface area contributed by atoms with Crippen LogP contribution in [0.25, 0.3) is 0 Å². The standard InChI is InChI=1S/C15H14F3N5O2S/c1-26-13-10(7-24)12(21-14(20)22-13)23(6-11(19)25)9-4-2-3-8(5-9)15(16,17)18/h2-5,7H,6H2,1H3,(H2,19,25)(H2,20,21,22). The number of thioether (sulfide) groups is 1. The van der Waals surface area contributed by atoms with Crippen LogP contribution in [0.5, 0.6) is 0 Å². The average Bonchev–Trinajstić information content (AvgIpc) is 2.58. The molecule has 0 aliphatic carbocycles. The van der Waals surface area contributed by atoms with Crippen molar-refractivity contribution in [2.45, 2.75) is 11.2 Å². The number of aldehydes is 1. The Morgan fingerprint density at radius 2 is 2.04 bits per heavy atom. The molecule has 0 aliphatic heterocycles. The van der Waals surface area contributed by atoms with Gasteiger partial charge in [-0.05, 0) is 24.5 Å². The highest BCUT2D eigenvalue weighted by atomic mass is 32.2. The first-order valence-corrected chi connectivity index (χ1v) is 8.29. The highest BCUT2D eigenvalue weighted by Gasteiger charge is 2.31. The molecule has 1 amide bonds. The summed E-state index contributed by atoms with van der Waals surface area (Å²) in [7, 11) is 0. The largest absolute Gasteiger partial charge is 0.416 e. The monoisotopic (exact) mass is 385 g/mol. The number of aromatic nitrogens is 2. The summed E-state index contributed by atoms with van der Waals surface area (Å²) in [4.78, 5) is 31.9. The first-order chi connectivity index (χ1) is 12.2. The second-order valence-electron chi connectivity index (χ2n) is 5.05. The average molecular weight is 385 g/mol. The Hall–Kier alpha value is -2.82. The second-order valence-corrected chi connectivity index (χ2v) is 5.84. The zero-order chi connectivity index (χ0) is 19.5. The summed E-state index contributed by atoms with van der Waals surface area (Å²) in [6.07, 6.45) is -2.50. The number of benzene rings is 1. The van der Waals surface area contributed by atoms with Crippen LogP contribution in [0.1, 0.15) is 15.9 Å². The number of alkyl halides is 3. The molecule has 0 bridgehead atoms. The van der Waals surface area contributed by atoms with Crippen molar-refractivity contribution < 1.29 is 22.8 Å². The van der Waals surface area contributed by atoms with Crippen LogP contribution in [0.15, 0.2) is 29.3 Å². The third-order valence-corrected chi connectivity index (χ3v) is 3.97. The van der Waals surface area contributed by atoms with E-state index in [-0.39, 0.29) is 28.0 Å². The van der Waals surface area contributed by atoms with Gasteiger partial charge in [-0.25, -0.2) is 4.98 Å². The van der Waals surface area contributed by atoms with E-state index < -0.39 is 24.2 Å². The Kier molecular flexibility index (Phi) is 5.70. The molecule has 1 heterocycles. The van der Waals surface area contributed by atoms with Gasteiger partial charge in [0.15, 0.2) is 12.1 Å². The minimum atomic E-state index is -4.59. The molecule has 0 saturated carbocycles. The maximum Gasteiger partial charge on any atom is 0.416 e. The number of carbonyl (C=O) groups is 2. The van der Waals surface area contributed by atoms with Gasteiger partial charge in [0.05, 0.1) is 11.1 Å². The molecule has 138 valence electrons. The van der Waals surface area contributed by atoms with Crippen LogP contribution in [0.2, 0.25) is 0 Å². The molecule has 26 heavy (non-hydrogen) atoms. The van der Waals surface area contributed by atoms with Gasteiger partial charge in [0.25, 0.3) is 0 Å². The predicted molar refractivity (Wildman–Crippen MR) is 91.3 cm³/mol. The first-order valence-electron chi connectivity index (χ1n) is 7.07. The van der Waals surface area contributed by atoms with E-state index in [1.165, 1.54) is 12.1 Å². The van der Waals surface area contributed by atoms with Gasteiger partial charge in [-0.2, -0.15) is 18.2 Å². The Bertz CT molecular complexity index is 845. The van der Waals surface area contributed by atoms with E-state index in [0.717, 1.165) is 28.8 Å². The molecule has 4 N–H and O–H groups in total. The number of amides is 1. The van der Waals surface area contributed by atoms with Crippen molar-refractivity contribution in [3.05, 3.63) is 35.4 Å². The van der Waals surface area contributed by atoms with Crippen molar-refractivity contribution in [1.82, 2.24) is 9.97 Å². The Labute approximate surface area is 150 Å². The van der Waals surface area contributed by atoms with E-state index in [2.05, 4.69) is 9.97 Å². The molecular weight excluding hydrogens is 371 g/mol. The number of nitrogens with two attached hydrogens (primary N) is 2. The molecule has 0 saturated heterocycles. The minimum Gasteiger partial charge on any atom is -0.368 e. The minimum absolute atomic E-state index is 0.00892. The zero-order valence-electron chi connectivity index (χ0n) is 13.4. The molecule has 1 aromatic carbocycles. The number of anilines is 3. The van der Waals surface area contributed by atoms with Crippen LogP contribution >= 0.6 is 11.8 Å². The normalized spacial score (nSPS) is 11.2. The van der Waals surface area contributed by atoms with Gasteiger partial charge < -0.3 is 16.4 Å². The molecule has 0 atom stereocenters. The summed E-state index contributed by atoms with van der Waals surface area (Å²) in [5, 5.41) is 0.226. The Morgan fingerprint density at radius 1 is 1.35 bits per heavy atom. The Morgan fingerprint density at radius 3 is 2.58 bits per heavy atom. The number of halogens is 3. The van der Waals surface area contributed by atoms with Gasteiger partial charge >= 0.3 is 6.18 Å². The maximum absolute atomic E-state index is 13.0. The van der Waals surface area contributed by atoms with E-state index in [4.69, 9.17) is 11.5 Å². The van der Waals surface area contributed by atoms with Crippen molar-refractivity contribution in [2.75, 3.05) is 23.4 Å². The van der Waals surface area contributed by atoms with Crippen LogP contribution in [0.4, 0.5) is 30.6 Å². The van der Waals surface area contributed by atoms with E-state index in [1.54, 1.807) is 6.26 Å². The number of hydrogen-bond donors (Lipinski definition) is 2. The summed E-state index contributed by atoms with van der Waals surface area (Å²) in [6.45, 7) is -0.508. The lowest BCUT2D eigenvalue weighted by Gasteiger charge is -2.25. The van der Waals surface area contributed by atoms with Crippen LogP contribution in [0.3, 0.4) is 0 Å². The zero-order valence-corrected chi connectivity index (χ0v) is 14.3. The summed E-state index contributed by atoms with van der Waals surface area (Å²) in [5.41, 5.74) is 9.89. The molecular formula is C15H14F3N5O2S. The topological polar surface area (TPSA) is 115 Å². The Balaban J connectivity index is 2.69. The predicted octanol–water partition coefficient (Wildman–Crippen LogP) is 2.24. The van der Waals surface area contributed by atoms with Gasteiger partial charge in [0.1, 0.15) is 11.6 Å². The number of carbonyl (C=O) groups excluding carboxylic acids is 2. The van der Waals surface area contributed by atoms with Crippen molar-refractivity contribution in [2.24, 2.45) is 5.73 Å². The lowest BCUT2D eigenvalue weighted by Crippen LogP contribution is -2.32. The van der Waals surface area contributed by atoms with Crippen LogP contribution < -0.4 is 16.4 Å². The molecule has 7 nitrogen and oxygen atoms in total. The molecule has 2 aromatic rings. The molecule has 0 spiro atoms. The fourth-order valence-electron chi connectivity index (χ4n) is 2.21. The fraction of sp³-hybridized carbons (Fsp3) is 0.200. The van der Waals surface area contributed by atoms with Crippen molar-refractivity contribution in [3.63, 3.8) is 0 Å². The van der Waals surface area contributed by atoms with E-state index in [1.807, 2.05) is 0 Å². The summed E-state index contributed by atoms with van der Waals surface area (Å²) in [6, 6.07) is 4.22. The summed E-state index contributed by atoms with van der Waals surface area (Å²) in [5.74, 6) is -1.13. The van der Waals surface area contributed by atoms with Crippen molar-refractivity contribution in [3.8, 4) is 0 Å². The molecule has 2 rings (SSSR count). The molecule has 0 unspecified atom stereocenters. The molecule has 0 aliphatic rings. The highest BCUT2D eigenvalue weighted by Crippen LogP contribution is 2.35. The third-order valence-electron chi connectivity index (χ3n) is 3.27. The molecule has 1 aromatic heterocycles. The molecule has 0 fully saturated rings. The lowest BCUT2D eigenvalue weighted by molar-refractivity contribution is -0.137. The fourth-order valence-corrected chi connectivity index (χ4v) is 2.76. The first kappa shape index (κ1) is 19.5. The second kappa shape index (κ2) is 7.60. The number of rotatable bonds is 6. The summed E-state index contributed by atoms with van der Waals surface area (Å²) < 4.78 is 39.0. The highest BCUT2D eigenvalue weighted by molar-refractivity contribution is 7.98. The van der Waals surface area contributed by atoms with Crippen LogP contribution in [0, 0.1) is 0 Å². The smallest absolute Gasteiger partial charge is 0.368 e.